The quantitative estimate of drug-likeness (QED) is 0.477. The van der Waals surface area contributed by atoms with Gasteiger partial charge >= 0.3 is 11.4 Å². The summed E-state index contributed by atoms with van der Waals surface area (Å²) < 4.78 is 10.1. The van der Waals surface area contributed by atoms with Crippen LogP contribution in [0.5, 0.6) is 0 Å². The predicted molar refractivity (Wildman–Crippen MR) is 122 cm³/mol. The third-order valence-electron chi connectivity index (χ3n) is 5.50. The Morgan fingerprint density at radius 3 is 2.75 bits per heavy atom. The number of para-hydroxylation sites is 1. The van der Waals surface area contributed by atoms with Gasteiger partial charge in [-0.05, 0) is 35.4 Å². The van der Waals surface area contributed by atoms with Crippen molar-refractivity contribution in [3.63, 3.8) is 0 Å². The molecule has 0 saturated carbocycles. The molecular weight excluding hydrogens is 430 g/mol. The van der Waals surface area contributed by atoms with Crippen molar-refractivity contribution in [1.29, 1.82) is 0 Å². The number of aromatic nitrogens is 1. The van der Waals surface area contributed by atoms with Gasteiger partial charge in [-0.1, -0.05) is 48.5 Å². The zero-order chi connectivity index (χ0) is 22.5. The molecule has 3 aromatic rings. The highest BCUT2D eigenvalue weighted by Crippen LogP contribution is 2.36. The van der Waals surface area contributed by atoms with E-state index in [-0.39, 0.29) is 12.4 Å². The van der Waals surface area contributed by atoms with E-state index in [2.05, 4.69) is 10.3 Å². The summed E-state index contributed by atoms with van der Waals surface area (Å²) in [7, 11) is 1.31. The number of ether oxygens (including phenoxy) is 2. The van der Waals surface area contributed by atoms with E-state index >= 15 is 0 Å². The van der Waals surface area contributed by atoms with Gasteiger partial charge in [-0.2, -0.15) is 5.06 Å². The van der Waals surface area contributed by atoms with Crippen LogP contribution in [0.2, 0.25) is 0 Å². The van der Waals surface area contributed by atoms with Crippen LogP contribution in [0.15, 0.2) is 54.6 Å². The fourth-order valence-electron chi connectivity index (χ4n) is 4.01. The molecule has 8 nitrogen and oxygen atoms in total. The molecule has 0 fully saturated rings. The number of fused-ring (bicyclic) bond motifs is 3. The van der Waals surface area contributed by atoms with E-state index in [1.165, 1.54) is 12.2 Å². The van der Waals surface area contributed by atoms with Gasteiger partial charge in [-0.15, -0.1) is 0 Å². The normalized spacial score (nSPS) is 16.9. The molecule has 1 aromatic heterocycles. The number of hydrogen-bond donors (Lipinski definition) is 3. The van der Waals surface area contributed by atoms with Crippen LogP contribution in [-0.4, -0.2) is 52.1 Å². The van der Waals surface area contributed by atoms with Gasteiger partial charge in [0.1, 0.15) is 6.61 Å². The summed E-state index contributed by atoms with van der Waals surface area (Å²) in [6.45, 7) is 0.522. The number of rotatable bonds is 6. The van der Waals surface area contributed by atoms with E-state index in [1.54, 1.807) is 0 Å². The molecule has 0 saturated heterocycles. The maximum atomic E-state index is 12.6. The van der Waals surface area contributed by atoms with E-state index in [1.807, 2.05) is 54.6 Å². The Kier molecular flexibility index (Phi) is 6.99. The molecule has 168 valence electrons. The maximum Gasteiger partial charge on any atom is 0.407 e. The summed E-state index contributed by atoms with van der Waals surface area (Å²) in [5.41, 5.74) is 3.74. The van der Waals surface area contributed by atoms with E-state index < -0.39 is 23.5 Å². The van der Waals surface area contributed by atoms with Gasteiger partial charge < -0.3 is 25.0 Å². The molecule has 2 heterocycles. The second-order valence-corrected chi connectivity index (χ2v) is 8.45. The summed E-state index contributed by atoms with van der Waals surface area (Å²) in [4.78, 5) is 27.8. The number of benzene rings is 2. The second-order valence-electron chi connectivity index (χ2n) is 7.50. The zero-order valence-electron chi connectivity index (χ0n) is 17.6. The van der Waals surface area contributed by atoms with Crippen molar-refractivity contribution < 1.29 is 24.3 Å². The Hall–Kier alpha value is -3.01. The fourth-order valence-corrected chi connectivity index (χ4v) is 4.71. The number of thioether (sulfide) groups is 1. The van der Waals surface area contributed by atoms with Crippen LogP contribution in [0.3, 0.4) is 0 Å². The molecule has 0 radical (unpaired) electrons. The standard InChI is InChI=1S/C23H25N3O5S/c1-30-23(28)32-14-19(25-22(27)31-13-15-7-3-2-4-8-15)21-20-17(11-12-26(21)29)16-9-5-6-10-18(16)24-20/h2-10,19,21,24,29H,11-14H2,1H3,(H,25,27)/t19-,21+/m0/s1. The molecule has 0 aliphatic carbocycles. The molecule has 1 aliphatic heterocycles. The van der Waals surface area contributed by atoms with E-state index in [9.17, 15) is 14.8 Å². The first kappa shape index (κ1) is 22.2. The first-order valence-corrected chi connectivity index (χ1v) is 11.3. The molecule has 9 heteroatoms. The average molecular weight is 456 g/mol. The lowest BCUT2D eigenvalue weighted by Crippen LogP contribution is -2.49. The summed E-state index contributed by atoms with van der Waals surface area (Å²) in [6, 6.07) is 16.1. The summed E-state index contributed by atoms with van der Waals surface area (Å²) in [5, 5.41) is 15.4. The third-order valence-corrected chi connectivity index (χ3v) is 6.43. The van der Waals surface area contributed by atoms with Crippen molar-refractivity contribution in [1.82, 2.24) is 15.4 Å². The first-order chi connectivity index (χ1) is 15.6. The van der Waals surface area contributed by atoms with Crippen LogP contribution < -0.4 is 5.32 Å². The van der Waals surface area contributed by atoms with Crippen LogP contribution in [0.25, 0.3) is 10.9 Å². The summed E-state index contributed by atoms with van der Waals surface area (Å²) in [5.74, 6) is 0.198. The molecule has 1 amide bonds. The third kappa shape index (κ3) is 4.90. The van der Waals surface area contributed by atoms with Gasteiger partial charge in [0.15, 0.2) is 0 Å². The van der Waals surface area contributed by atoms with Gasteiger partial charge in [0.05, 0.1) is 19.2 Å². The van der Waals surface area contributed by atoms with Crippen molar-refractivity contribution in [2.24, 2.45) is 0 Å². The summed E-state index contributed by atoms with van der Waals surface area (Å²) in [6.07, 6.45) is 0.0442. The average Bonchev–Trinajstić information content (AvgIpc) is 3.19. The van der Waals surface area contributed by atoms with Crippen LogP contribution in [0.1, 0.15) is 22.9 Å². The maximum absolute atomic E-state index is 12.6. The number of carbonyl (C=O) groups is 2. The van der Waals surface area contributed by atoms with Gasteiger partial charge in [0, 0.05) is 28.9 Å². The lowest BCUT2D eigenvalue weighted by molar-refractivity contribution is -0.140. The Balaban J connectivity index is 1.57. The van der Waals surface area contributed by atoms with E-state index in [0.29, 0.717) is 13.0 Å². The molecule has 0 unspecified atom stereocenters. The first-order valence-electron chi connectivity index (χ1n) is 10.3. The Morgan fingerprint density at radius 2 is 1.97 bits per heavy atom. The topological polar surface area (TPSA) is 104 Å². The largest absolute Gasteiger partial charge is 0.461 e. The molecule has 1 aliphatic rings. The Morgan fingerprint density at radius 1 is 1.22 bits per heavy atom. The Bertz CT molecular complexity index is 1090. The monoisotopic (exact) mass is 455 g/mol. The number of methoxy groups -OCH3 is 1. The molecule has 2 aromatic carbocycles. The molecule has 0 bridgehead atoms. The molecule has 32 heavy (non-hydrogen) atoms. The van der Waals surface area contributed by atoms with Gasteiger partial charge in [0.25, 0.3) is 0 Å². The highest BCUT2D eigenvalue weighted by atomic mass is 32.2. The van der Waals surface area contributed by atoms with Crippen LogP contribution in [0.4, 0.5) is 9.59 Å². The fraction of sp³-hybridized carbons (Fsp3) is 0.304. The van der Waals surface area contributed by atoms with Gasteiger partial charge in [-0.3, -0.25) is 0 Å². The Labute approximate surface area is 189 Å². The number of aromatic amines is 1. The number of hydrogen-bond acceptors (Lipinski definition) is 7. The SMILES string of the molecule is COC(=O)SC[C@H](NC(=O)OCc1ccccc1)[C@@H]1c2[nH]c3ccccc3c2CCN1O. The number of nitrogens with one attached hydrogen (secondary N) is 2. The minimum atomic E-state index is -0.624. The highest BCUT2D eigenvalue weighted by Gasteiger charge is 2.37. The zero-order valence-corrected chi connectivity index (χ0v) is 18.4. The van der Waals surface area contributed by atoms with E-state index in [0.717, 1.165) is 39.5 Å². The van der Waals surface area contributed by atoms with Crippen molar-refractivity contribution in [3.8, 4) is 0 Å². The minimum Gasteiger partial charge on any atom is -0.461 e. The lowest BCUT2D eigenvalue weighted by atomic mass is 9.95. The lowest BCUT2D eigenvalue weighted by Gasteiger charge is -2.36. The minimum absolute atomic E-state index is 0.120. The highest BCUT2D eigenvalue weighted by molar-refractivity contribution is 8.13. The number of amides is 1. The van der Waals surface area contributed by atoms with Crippen LogP contribution in [-0.2, 0) is 22.5 Å². The van der Waals surface area contributed by atoms with Crippen molar-refractivity contribution in [3.05, 3.63) is 71.4 Å². The number of carbonyl (C=O) groups excluding carboxylic acids is 2. The second kappa shape index (κ2) is 10.1. The van der Waals surface area contributed by atoms with Gasteiger partial charge in [0.2, 0.25) is 0 Å². The van der Waals surface area contributed by atoms with Crippen LogP contribution in [0, 0.1) is 0 Å². The van der Waals surface area contributed by atoms with Crippen molar-refractivity contribution in [2.75, 3.05) is 19.4 Å². The van der Waals surface area contributed by atoms with Crippen molar-refractivity contribution in [2.45, 2.75) is 25.1 Å². The molecule has 2 atom stereocenters. The molecular formula is C23H25N3O5S. The number of nitrogens with zero attached hydrogens (tertiary/aromatic N) is 1. The smallest absolute Gasteiger partial charge is 0.407 e. The molecule has 4 rings (SSSR count). The molecule has 3 N–H and O–H groups in total. The number of H-pyrrole nitrogens is 1. The van der Waals surface area contributed by atoms with Crippen LogP contribution >= 0.6 is 11.8 Å². The number of hydroxylamine groups is 2. The van der Waals surface area contributed by atoms with Crippen molar-refractivity contribution >= 4 is 34.1 Å². The predicted octanol–water partition coefficient (Wildman–Crippen LogP) is 4.25. The number of alkyl carbamates (subject to hydrolysis) is 1. The van der Waals surface area contributed by atoms with Gasteiger partial charge in [-0.25, -0.2) is 9.59 Å². The summed E-state index contributed by atoms with van der Waals surface area (Å²) >= 11 is 0.935. The molecule has 0 spiro atoms. The van der Waals surface area contributed by atoms with E-state index in [4.69, 9.17) is 9.47 Å².